The molecule has 0 unspecified atom stereocenters. The Morgan fingerprint density at radius 1 is 1.21 bits per heavy atom. The van der Waals surface area contributed by atoms with Gasteiger partial charge in [-0.05, 0) is 29.3 Å². The molecule has 3 aliphatic rings. The molecule has 1 aliphatic carbocycles. The van der Waals surface area contributed by atoms with Crippen molar-refractivity contribution in [1.29, 1.82) is 0 Å². The highest BCUT2D eigenvalue weighted by Crippen LogP contribution is 2.41. The van der Waals surface area contributed by atoms with Crippen LogP contribution in [0, 0.1) is 0 Å². The number of benzene rings is 1. The maximum atomic E-state index is 12.3. The second-order valence-electron chi connectivity index (χ2n) is 5.88. The Morgan fingerprint density at radius 2 is 1.88 bits per heavy atom. The van der Waals surface area contributed by atoms with Gasteiger partial charge in [0.2, 0.25) is 6.79 Å². The van der Waals surface area contributed by atoms with Gasteiger partial charge in [0.25, 0.3) is 5.91 Å². The lowest BCUT2D eigenvalue weighted by atomic mass is 9.79. The topological polar surface area (TPSA) is 114 Å². The number of aliphatic hydroxyl groups excluding tert-OH is 2. The smallest absolute Gasteiger partial charge is 0.303 e. The fraction of sp³-hybridized carbons (Fsp3) is 0.375. The van der Waals surface area contributed by atoms with Crippen molar-refractivity contribution in [2.45, 2.75) is 31.3 Å². The van der Waals surface area contributed by atoms with Gasteiger partial charge in [-0.3, -0.25) is 9.59 Å². The summed E-state index contributed by atoms with van der Waals surface area (Å²) in [5.74, 6) is -0.00133. The van der Waals surface area contributed by atoms with E-state index in [-0.39, 0.29) is 12.7 Å². The molecule has 8 nitrogen and oxygen atoms in total. The molecule has 24 heavy (non-hydrogen) atoms. The van der Waals surface area contributed by atoms with Crippen LogP contribution in [0.2, 0.25) is 0 Å². The first-order valence-electron chi connectivity index (χ1n) is 7.45. The van der Waals surface area contributed by atoms with Gasteiger partial charge in [-0.15, -0.1) is 0 Å². The summed E-state index contributed by atoms with van der Waals surface area (Å²) >= 11 is 0. The van der Waals surface area contributed by atoms with E-state index in [1.807, 2.05) is 0 Å². The number of esters is 1. The molecule has 0 spiro atoms. The standard InChI is InChI=1S/C16H15NO7/c1-6(18)24-12-3-8-7-2-10-11(23-5-22-10)4-9(7)16(21)17-13(8)15(20)14(12)19/h2-4,12-15,19-20H,5H2,1H3,(H,17,21)/t12-,13+,14-,15-/m0/s1. The minimum Gasteiger partial charge on any atom is -0.455 e. The van der Waals surface area contributed by atoms with E-state index >= 15 is 0 Å². The summed E-state index contributed by atoms with van der Waals surface area (Å²) in [4.78, 5) is 23.6. The molecule has 4 rings (SSSR count). The molecular formula is C16H15NO7. The molecule has 1 amide bonds. The van der Waals surface area contributed by atoms with Crippen LogP contribution in [0.1, 0.15) is 22.8 Å². The van der Waals surface area contributed by atoms with Crippen LogP contribution in [0.3, 0.4) is 0 Å². The molecule has 0 saturated carbocycles. The number of carbonyl (C=O) groups is 2. The zero-order valence-electron chi connectivity index (χ0n) is 12.7. The number of fused-ring (bicyclic) bond motifs is 4. The molecule has 0 aromatic heterocycles. The lowest BCUT2D eigenvalue weighted by Gasteiger charge is -2.39. The zero-order chi connectivity index (χ0) is 17.0. The van der Waals surface area contributed by atoms with Gasteiger partial charge >= 0.3 is 5.97 Å². The Kier molecular flexibility index (Phi) is 3.26. The third kappa shape index (κ3) is 2.15. The predicted molar refractivity (Wildman–Crippen MR) is 79.4 cm³/mol. The van der Waals surface area contributed by atoms with Crippen LogP contribution in [-0.2, 0) is 9.53 Å². The van der Waals surface area contributed by atoms with E-state index in [0.717, 1.165) is 0 Å². The van der Waals surface area contributed by atoms with E-state index in [9.17, 15) is 19.8 Å². The maximum absolute atomic E-state index is 12.3. The van der Waals surface area contributed by atoms with Crippen LogP contribution < -0.4 is 14.8 Å². The Balaban J connectivity index is 1.84. The van der Waals surface area contributed by atoms with Crippen LogP contribution in [-0.4, -0.2) is 53.2 Å². The van der Waals surface area contributed by atoms with Gasteiger partial charge in [0.05, 0.1) is 11.6 Å². The second-order valence-corrected chi connectivity index (χ2v) is 5.88. The van der Waals surface area contributed by atoms with Gasteiger partial charge in [0.15, 0.2) is 11.5 Å². The summed E-state index contributed by atoms with van der Waals surface area (Å²) in [6, 6.07) is 2.43. The van der Waals surface area contributed by atoms with E-state index in [0.29, 0.717) is 28.2 Å². The van der Waals surface area contributed by atoms with Gasteiger partial charge < -0.3 is 29.7 Å². The molecule has 8 heteroatoms. The Labute approximate surface area is 136 Å². The molecule has 0 bridgehead atoms. The molecule has 126 valence electrons. The summed E-state index contributed by atoms with van der Waals surface area (Å²) in [6.07, 6.45) is -2.10. The summed E-state index contributed by atoms with van der Waals surface area (Å²) in [7, 11) is 0. The monoisotopic (exact) mass is 333 g/mol. The first kappa shape index (κ1) is 15.0. The number of ether oxygens (including phenoxy) is 3. The molecule has 0 radical (unpaired) electrons. The molecule has 1 aromatic carbocycles. The summed E-state index contributed by atoms with van der Waals surface area (Å²) < 4.78 is 15.7. The highest BCUT2D eigenvalue weighted by atomic mass is 16.7. The fourth-order valence-electron chi connectivity index (χ4n) is 3.26. The van der Waals surface area contributed by atoms with Gasteiger partial charge in [-0.25, -0.2) is 0 Å². The third-order valence-corrected chi connectivity index (χ3v) is 4.36. The highest BCUT2D eigenvalue weighted by Gasteiger charge is 2.44. The number of carbonyl (C=O) groups excluding carboxylic acids is 2. The molecule has 0 saturated heterocycles. The van der Waals surface area contributed by atoms with Crippen LogP contribution in [0.5, 0.6) is 11.5 Å². The minimum atomic E-state index is -1.33. The van der Waals surface area contributed by atoms with E-state index in [1.165, 1.54) is 6.92 Å². The van der Waals surface area contributed by atoms with Gasteiger partial charge in [-0.1, -0.05) is 0 Å². The van der Waals surface area contributed by atoms with E-state index in [1.54, 1.807) is 18.2 Å². The van der Waals surface area contributed by atoms with Crippen LogP contribution >= 0.6 is 0 Å². The fourth-order valence-corrected chi connectivity index (χ4v) is 3.26. The average molecular weight is 333 g/mol. The van der Waals surface area contributed by atoms with Crippen molar-refractivity contribution < 1.29 is 34.0 Å². The summed E-state index contributed by atoms with van der Waals surface area (Å²) in [5, 5.41) is 23.2. The van der Waals surface area contributed by atoms with Crippen molar-refractivity contribution >= 4 is 17.4 Å². The Hall–Kier alpha value is -2.58. The summed E-state index contributed by atoms with van der Waals surface area (Å²) in [6.45, 7) is 1.29. The Morgan fingerprint density at radius 3 is 2.54 bits per heavy atom. The quantitative estimate of drug-likeness (QED) is 0.598. The van der Waals surface area contributed by atoms with Crippen molar-refractivity contribution in [3.05, 3.63) is 29.3 Å². The molecule has 3 N–H and O–H groups in total. The third-order valence-electron chi connectivity index (χ3n) is 4.36. The normalized spacial score (nSPS) is 30.0. The number of hydrogen-bond donors (Lipinski definition) is 3. The van der Waals surface area contributed by atoms with E-state index < -0.39 is 30.3 Å². The number of rotatable bonds is 1. The average Bonchev–Trinajstić information content (AvgIpc) is 2.99. The Bertz CT molecular complexity index is 772. The SMILES string of the molecule is CC(=O)O[C@H]1C=C2c3cc4c(cc3C(=O)N[C@H]2[C@H](O)[C@H]1O)OCO4. The molecule has 2 heterocycles. The van der Waals surface area contributed by atoms with E-state index in [4.69, 9.17) is 14.2 Å². The predicted octanol–water partition coefficient (Wildman–Crippen LogP) is -0.422. The molecular weight excluding hydrogens is 318 g/mol. The van der Waals surface area contributed by atoms with Crippen molar-refractivity contribution in [3.63, 3.8) is 0 Å². The molecule has 4 atom stereocenters. The van der Waals surface area contributed by atoms with E-state index in [2.05, 4.69) is 5.32 Å². The second kappa shape index (κ2) is 5.22. The van der Waals surface area contributed by atoms with Crippen molar-refractivity contribution in [1.82, 2.24) is 5.32 Å². The van der Waals surface area contributed by atoms with Gasteiger partial charge in [0, 0.05) is 6.92 Å². The minimum absolute atomic E-state index is 0.0692. The van der Waals surface area contributed by atoms with Crippen molar-refractivity contribution in [2.75, 3.05) is 6.79 Å². The molecule has 2 aliphatic heterocycles. The maximum Gasteiger partial charge on any atom is 0.303 e. The highest BCUT2D eigenvalue weighted by molar-refractivity contribution is 6.05. The molecule has 1 aromatic rings. The largest absolute Gasteiger partial charge is 0.455 e. The van der Waals surface area contributed by atoms with Gasteiger partial charge in [0.1, 0.15) is 18.3 Å². The number of hydrogen-bond acceptors (Lipinski definition) is 7. The van der Waals surface area contributed by atoms with Crippen LogP contribution in [0.15, 0.2) is 18.2 Å². The van der Waals surface area contributed by atoms with Gasteiger partial charge in [-0.2, -0.15) is 0 Å². The van der Waals surface area contributed by atoms with Crippen LogP contribution in [0.25, 0.3) is 5.57 Å². The molecule has 0 fully saturated rings. The number of nitrogens with one attached hydrogen (secondary N) is 1. The number of aliphatic hydroxyl groups is 2. The summed E-state index contributed by atoms with van der Waals surface area (Å²) in [5.41, 5.74) is 1.48. The van der Waals surface area contributed by atoms with Crippen molar-refractivity contribution in [2.24, 2.45) is 0 Å². The number of amides is 1. The zero-order valence-corrected chi connectivity index (χ0v) is 12.7. The first-order chi connectivity index (χ1) is 11.5. The van der Waals surface area contributed by atoms with Crippen molar-refractivity contribution in [3.8, 4) is 11.5 Å². The van der Waals surface area contributed by atoms with Crippen LogP contribution in [0.4, 0.5) is 0 Å². The first-order valence-corrected chi connectivity index (χ1v) is 7.45. The lowest BCUT2D eigenvalue weighted by molar-refractivity contribution is -0.153. The lowest BCUT2D eigenvalue weighted by Crippen LogP contribution is -2.57.